The molecule has 17 nitrogen and oxygen atoms in total. The minimum absolute atomic E-state index is 0.0838. The van der Waals surface area contributed by atoms with Gasteiger partial charge in [-0.2, -0.15) is 0 Å². The van der Waals surface area contributed by atoms with E-state index in [2.05, 4.69) is 65.8 Å². The standard InChI is InChI=1S/C65H122O17P2/c1-7-10-12-14-16-18-19-20-21-22-23-25-29-37-43-49-64(69)81-60(53-76-63(68)48-42-36-30-26-27-33-39-45-57(4)5)55-79-83(71,72)77-51-59(66)52-78-84(73,74)80-56-61(54-75-62(67)47-41-35-28-24-17-15-13-11-8-2)82-65(70)50-44-38-32-31-34-40-46-58(6)9-3/h18-21,57-61,66H,7-17,22-56H2,1-6H3,(H,71,72)(H,73,74)/b19-18-,21-20-/t58?,59-,60-,61-/m1/s1. The third-order valence-corrected chi connectivity index (χ3v) is 16.6. The average Bonchev–Trinajstić information content (AvgIpc) is 3.65. The number of carbonyl (C=O) groups excluding carboxylic acids is 4. The molecule has 0 fully saturated rings. The molecule has 0 saturated heterocycles. The van der Waals surface area contributed by atoms with Crippen LogP contribution in [-0.2, 0) is 65.4 Å². The Kier molecular flexibility index (Phi) is 55.3. The predicted octanol–water partition coefficient (Wildman–Crippen LogP) is 17.6. The highest BCUT2D eigenvalue weighted by Crippen LogP contribution is 2.45. The van der Waals surface area contributed by atoms with Crippen molar-refractivity contribution in [2.24, 2.45) is 11.8 Å². The maximum Gasteiger partial charge on any atom is 0.472 e. The van der Waals surface area contributed by atoms with Gasteiger partial charge in [0.1, 0.15) is 19.3 Å². The Bertz CT molecular complexity index is 1740. The summed E-state index contributed by atoms with van der Waals surface area (Å²) < 4.78 is 67.9. The third-order valence-electron chi connectivity index (χ3n) is 14.7. The number of hydrogen-bond acceptors (Lipinski definition) is 15. The molecule has 0 aliphatic carbocycles. The van der Waals surface area contributed by atoms with Gasteiger partial charge in [-0.25, -0.2) is 9.13 Å². The summed E-state index contributed by atoms with van der Waals surface area (Å²) >= 11 is 0. The van der Waals surface area contributed by atoms with Crippen molar-refractivity contribution in [1.29, 1.82) is 0 Å². The summed E-state index contributed by atoms with van der Waals surface area (Å²) in [5, 5.41) is 10.5. The van der Waals surface area contributed by atoms with Crippen LogP contribution in [0.4, 0.5) is 0 Å². The van der Waals surface area contributed by atoms with Gasteiger partial charge >= 0.3 is 39.5 Å². The monoisotopic (exact) mass is 1240 g/mol. The number of phosphoric acid groups is 2. The van der Waals surface area contributed by atoms with Gasteiger partial charge in [0.25, 0.3) is 0 Å². The Labute approximate surface area is 510 Å². The van der Waals surface area contributed by atoms with Crippen LogP contribution < -0.4 is 0 Å². The second-order valence-electron chi connectivity index (χ2n) is 23.5. The quantitative estimate of drug-likeness (QED) is 0.0169. The van der Waals surface area contributed by atoms with Crippen molar-refractivity contribution in [3.8, 4) is 0 Å². The van der Waals surface area contributed by atoms with Crippen LogP contribution in [0.1, 0.15) is 298 Å². The molecule has 3 N–H and O–H groups in total. The van der Waals surface area contributed by atoms with Crippen LogP contribution in [0.25, 0.3) is 0 Å². The molecule has 0 heterocycles. The number of carbonyl (C=O) groups is 4. The normalized spacial score (nSPS) is 14.8. The molecule has 19 heteroatoms. The Balaban J connectivity index is 5.27. The van der Waals surface area contributed by atoms with E-state index in [0.29, 0.717) is 31.6 Å². The van der Waals surface area contributed by atoms with Gasteiger partial charge in [0.05, 0.1) is 26.4 Å². The number of rotatable bonds is 62. The molecule has 0 aromatic carbocycles. The predicted molar refractivity (Wildman–Crippen MR) is 335 cm³/mol. The van der Waals surface area contributed by atoms with Gasteiger partial charge in [-0.1, -0.05) is 246 Å². The Morgan fingerprint density at radius 2 is 0.702 bits per heavy atom. The minimum atomic E-state index is -4.95. The van der Waals surface area contributed by atoms with E-state index < -0.39 is 97.5 Å². The lowest BCUT2D eigenvalue weighted by atomic mass is 10.00. The molecule has 0 aromatic rings. The molecule has 0 aromatic heterocycles. The van der Waals surface area contributed by atoms with Crippen molar-refractivity contribution < 1.29 is 80.2 Å². The summed E-state index contributed by atoms with van der Waals surface area (Å²) in [5.41, 5.74) is 0. The highest BCUT2D eigenvalue weighted by Gasteiger charge is 2.30. The van der Waals surface area contributed by atoms with Crippen LogP contribution >= 0.6 is 15.6 Å². The van der Waals surface area contributed by atoms with Crippen LogP contribution in [0.15, 0.2) is 24.3 Å². The fraction of sp³-hybridized carbons (Fsp3) is 0.877. The number of aliphatic hydroxyl groups excluding tert-OH is 1. The molecule has 0 radical (unpaired) electrons. The average molecular weight is 1240 g/mol. The zero-order valence-corrected chi connectivity index (χ0v) is 55.5. The van der Waals surface area contributed by atoms with E-state index >= 15 is 0 Å². The highest BCUT2D eigenvalue weighted by molar-refractivity contribution is 7.47. The second-order valence-corrected chi connectivity index (χ2v) is 26.4. The number of hydrogen-bond donors (Lipinski definition) is 3. The molecule has 84 heavy (non-hydrogen) atoms. The number of unbranched alkanes of at least 4 members (excludes halogenated alkanes) is 28. The maximum atomic E-state index is 13.0. The van der Waals surface area contributed by atoms with Crippen molar-refractivity contribution in [2.45, 2.75) is 317 Å². The Morgan fingerprint density at radius 1 is 0.393 bits per heavy atom. The summed E-state index contributed by atoms with van der Waals surface area (Å²) in [6.45, 7) is 9.31. The van der Waals surface area contributed by atoms with Gasteiger partial charge in [-0.15, -0.1) is 0 Å². The van der Waals surface area contributed by atoms with E-state index in [9.17, 15) is 43.2 Å². The van der Waals surface area contributed by atoms with E-state index in [1.807, 2.05) is 0 Å². The highest BCUT2D eigenvalue weighted by atomic mass is 31.2. The molecule has 494 valence electrons. The van der Waals surface area contributed by atoms with Crippen molar-refractivity contribution in [3.05, 3.63) is 24.3 Å². The molecule has 0 amide bonds. The SMILES string of the molecule is CCCCCC/C=C\C=C/CCCCCCCC(=O)O[C@H](COC(=O)CCCCCCCCCC(C)C)COP(=O)(O)OC[C@@H](O)COP(=O)(O)OC[C@@H](COC(=O)CCCCCCCCCCC)OC(=O)CCCCCCCCC(C)CC. The van der Waals surface area contributed by atoms with Gasteiger partial charge in [0.15, 0.2) is 12.2 Å². The summed E-state index contributed by atoms with van der Waals surface area (Å²) in [6, 6.07) is 0. The van der Waals surface area contributed by atoms with Crippen LogP contribution in [-0.4, -0.2) is 96.7 Å². The molecule has 6 atom stereocenters. The largest absolute Gasteiger partial charge is 0.472 e. The molecule has 0 spiro atoms. The van der Waals surface area contributed by atoms with Crippen LogP contribution in [0, 0.1) is 11.8 Å². The van der Waals surface area contributed by atoms with E-state index in [0.717, 1.165) is 115 Å². The summed E-state index contributed by atoms with van der Waals surface area (Å²) in [7, 11) is -9.90. The molecule has 0 saturated carbocycles. The first-order chi connectivity index (χ1) is 40.4. The first-order valence-electron chi connectivity index (χ1n) is 33.3. The number of phosphoric ester groups is 2. The van der Waals surface area contributed by atoms with Gasteiger partial charge in [0.2, 0.25) is 0 Å². The van der Waals surface area contributed by atoms with Gasteiger partial charge in [-0.05, 0) is 63.2 Å². The van der Waals surface area contributed by atoms with E-state index in [-0.39, 0.29) is 25.7 Å². The number of allylic oxidation sites excluding steroid dienone is 4. The maximum absolute atomic E-state index is 13.0. The molecular weight excluding hydrogens is 1110 g/mol. The first kappa shape index (κ1) is 81.5. The fourth-order valence-corrected chi connectivity index (χ4v) is 10.7. The van der Waals surface area contributed by atoms with Crippen molar-refractivity contribution in [2.75, 3.05) is 39.6 Å². The lowest BCUT2D eigenvalue weighted by molar-refractivity contribution is -0.161. The topological polar surface area (TPSA) is 237 Å². The number of ether oxygens (including phenoxy) is 4. The third kappa shape index (κ3) is 57.3. The zero-order valence-electron chi connectivity index (χ0n) is 53.7. The molecule has 0 rings (SSSR count). The minimum Gasteiger partial charge on any atom is -0.462 e. The molecule has 0 aliphatic rings. The van der Waals surface area contributed by atoms with Crippen LogP contribution in [0.5, 0.6) is 0 Å². The van der Waals surface area contributed by atoms with Gasteiger partial charge < -0.3 is 33.8 Å². The number of aliphatic hydroxyl groups is 1. The first-order valence-corrected chi connectivity index (χ1v) is 36.3. The summed E-state index contributed by atoms with van der Waals surface area (Å²) in [6.07, 6.45) is 42.7. The Hall–Kier alpha value is -2.46. The summed E-state index contributed by atoms with van der Waals surface area (Å²) in [4.78, 5) is 72.2. The van der Waals surface area contributed by atoms with Crippen molar-refractivity contribution in [3.63, 3.8) is 0 Å². The van der Waals surface area contributed by atoms with Crippen molar-refractivity contribution >= 4 is 39.5 Å². The van der Waals surface area contributed by atoms with Crippen LogP contribution in [0.2, 0.25) is 0 Å². The molecule has 3 unspecified atom stereocenters. The Morgan fingerprint density at radius 3 is 1.07 bits per heavy atom. The lowest BCUT2D eigenvalue weighted by Crippen LogP contribution is -2.30. The van der Waals surface area contributed by atoms with Gasteiger partial charge in [0, 0.05) is 25.7 Å². The molecular formula is C65H122O17P2. The molecule has 0 aliphatic heterocycles. The van der Waals surface area contributed by atoms with E-state index in [1.54, 1.807) is 0 Å². The summed E-state index contributed by atoms with van der Waals surface area (Å²) in [5.74, 6) is -0.747. The van der Waals surface area contributed by atoms with E-state index in [1.165, 1.54) is 96.3 Å². The van der Waals surface area contributed by atoms with Gasteiger partial charge in [-0.3, -0.25) is 37.3 Å². The second kappa shape index (κ2) is 57.0. The zero-order chi connectivity index (χ0) is 62.2. The molecule has 0 bridgehead atoms. The number of esters is 4. The smallest absolute Gasteiger partial charge is 0.462 e. The van der Waals surface area contributed by atoms with Crippen molar-refractivity contribution in [1.82, 2.24) is 0 Å². The lowest BCUT2D eigenvalue weighted by Gasteiger charge is -2.21. The fourth-order valence-electron chi connectivity index (χ4n) is 9.14. The van der Waals surface area contributed by atoms with E-state index in [4.69, 9.17) is 37.0 Å². The van der Waals surface area contributed by atoms with Crippen LogP contribution in [0.3, 0.4) is 0 Å².